The first-order chi connectivity index (χ1) is 8.10. The molecule has 0 amide bonds. The summed E-state index contributed by atoms with van der Waals surface area (Å²) in [5, 5.41) is 3.60. The first-order valence-electron chi connectivity index (χ1n) is 7.00. The van der Waals surface area contributed by atoms with Gasteiger partial charge in [0, 0.05) is 19.8 Å². The highest BCUT2D eigenvalue weighted by atomic mass is 16.5. The lowest BCUT2D eigenvalue weighted by Crippen LogP contribution is -2.48. The Kier molecular flexibility index (Phi) is 6.45. The van der Waals surface area contributed by atoms with E-state index in [2.05, 4.69) is 26.1 Å². The van der Waals surface area contributed by atoms with Gasteiger partial charge in [0.1, 0.15) is 0 Å². The second kappa shape index (κ2) is 7.34. The summed E-state index contributed by atoms with van der Waals surface area (Å²) in [4.78, 5) is 0. The van der Waals surface area contributed by atoms with Gasteiger partial charge in [-0.15, -0.1) is 0 Å². The number of hydrogen-bond donors (Lipinski definition) is 1. The zero-order valence-corrected chi connectivity index (χ0v) is 11.9. The van der Waals surface area contributed by atoms with Gasteiger partial charge in [-0.2, -0.15) is 0 Å². The molecule has 3 nitrogen and oxygen atoms in total. The van der Waals surface area contributed by atoms with Gasteiger partial charge in [-0.3, -0.25) is 0 Å². The molecule has 1 fully saturated rings. The van der Waals surface area contributed by atoms with Crippen LogP contribution in [0, 0.1) is 0 Å². The standard InChI is InChI=1S/C14H29NO2/c1-5-10-15-13(14(2,3)16-4)9-8-12-7-6-11-17-12/h12-13,15H,5-11H2,1-4H3. The first-order valence-corrected chi connectivity index (χ1v) is 7.00. The molecule has 0 radical (unpaired) electrons. The molecule has 3 heteroatoms. The van der Waals surface area contributed by atoms with Crippen molar-refractivity contribution in [3.8, 4) is 0 Å². The highest BCUT2D eigenvalue weighted by Gasteiger charge is 2.29. The lowest BCUT2D eigenvalue weighted by Gasteiger charge is -2.34. The van der Waals surface area contributed by atoms with Crippen LogP contribution in [0.3, 0.4) is 0 Å². The highest BCUT2D eigenvalue weighted by Crippen LogP contribution is 2.23. The molecule has 0 saturated carbocycles. The van der Waals surface area contributed by atoms with Crippen molar-refractivity contribution in [1.29, 1.82) is 0 Å². The fraction of sp³-hybridized carbons (Fsp3) is 1.00. The van der Waals surface area contributed by atoms with Crippen LogP contribution >= 0.6 is 0 Å². The Labute approximate surface area is 106 Å². The van der Waals surface area contributed by atoms with Crippen molar-refractivity contribution in [2.45, 2.75) is 70.6 Å². The average molecular weight is 243 g/mol. The van der Waals surface area contributed by atoms with Crippen molar-refractivity contribution in [3.05, 3.63) is 0 Å². The van der Waals surface area contributed by atoms with Crippen LogP contribution in [0.15, 0.2) is 0 Å². The van der Waals surface area contributed by atoms with E-state index in [1.54, 1.807) is 7.11 Å². The zero-order valence-electron chi connectivity index (χ0n) is 11.9. The van der Waals surface area contributed by atoms with Crippen molar-refractivity contribution in [2.75, 3.05) is 20.3 Å². The van der Waals surface area contributed by atoms with E-state index >= 15 is 0 Å². The van der Waals surface area contributed by atoms with E-state index in [9.17, 15) is 0 Å². The minimum Gasteiger partial charge on any atom is -0.378 e. The van der Waals surface area contributed by atoms with Gasteiger partial charge >= 0.3 is 0 Å². The molecule has 1 N–H and O–H groups in total. The van der Waals surface area contributed by atoms with E-state index in [1.165, 1.54) is 12.8 Å². The Morgan fingerprint density at radius 3 is 2.76 bits per heavy atom. The molecule has 1 aliphatic rings. The second-order valence-electron chi connectivity index (χ2n) is 5.53. The molecule has 1 saturated heterocycles. The van der Waals surface area contributed by atoms with Gasteiger partial charge < -0.3 is 14.8 Å². The molecule has 0 aromatic carbocycles. The van der Waals surface area contributed by atoms with Crippen LogP contribution < -0.4 is 5.32 Å². The van der Waals surface area contributed by atoms with Crippen LogP contribution in [0.2, 0.25) is 0 Å². The molecule has 0 aliphatic carbocycles. The highest BCUT2D eigenvalue weighted by molar-refractivity contribution is 4.86. The molecule has 2 atom stereocenters. The molecule has 0 aromatic heterocycles. The van der Waals surface area contributed by atoms with Crippen LogP contribution in [0.25, 0.3) is 0 Å². The predicted molar refractivity (Wildman–Crippen MR) is 71.4 cm³/mol. The number of nitrogens with one attached hydrogen (secondary N) is 1. The lowest BCUT2D eigenvalue weighted by molar-refractivity contribution is -0.0169. The maximum atomic E-state index is 5.69. The number of methoxy groups -OCH3 is 1. The van der Waals surface area contributed by atoms with Gasteiger partial charge in [-0.1, -0.05) is 6.92 Å². The van der Waals surface area contributed by atoms with E-state index < -0.39 is 0 Å². The summed E-state index contributed by atoms with van der Waals surface area (Å²) in [5.41, 5.74) is -0.103. The Bertz CT molecular complexity index is 200. The molecular weight excluding hydrogens is 214 g/mol. The Hall–Kier alpha value is -0.120. The first kappa shape index (κ1) is 14.9. The fourth-order valence-electron chi connectivity index (χ4n) is 2.38. The lowest BCUT2D eigenvalue weighted by atomic mass is 9.92. The van der Waals surface area contributed by atoms with Gasteiger partial charge in [0.05, 0.1) is 11.7 Å². The van der Waals surface area contributed by atoms with Gasteiger partial charge in [-0.25, -0.2) is 0 Å². The topological polar surface area (TPSA) is 30.5 Å². The molecule has 0 bridgehead atoms. The number of ether oxygens (including phenoxy) is 2. The second-order valence-corrected chi connectivity index (χ2v) is 5.53. The van der Waals surface area contributed by atoms with E-state index in [0.717, 1.165) is 32.4 Å². The maximum Gasteiger partial charge on any atom is 0.0775 e. The SMILES string of the molecule is CCCNC(CCC1CCCO1)C(C)(C)OC. The van der Waals surface area contributed by atoms with Crippen molar-refractivity contribution in [1.82, 2.24) is 5.32 Å². The Balaban J connectivity index is 2.38. The molecular formula is C14H29NO2. The summed E-state index contributed by atoms with van der Waals surface area (Å²) in [6.07, 6.45) is 6.38. The largest absolute Gasteiger partial charge is 0.378 e. The summed E-state index contributed by atoms with van der Waals surface area (Å²) in [6, 6.07) is 0.414. The molecule has 1 aliphatic heterocycles. The third-order valence-corrected chi connectivity index (χ3v) is 3.81. The Morgan fingerprint density at radius 1 is 1.47 bits per heavy atom. The third kappa shape index (κ3) is 4.94. The molecule has 1 rings (SSSR count). The summed E-state index contributed by atoms with van der Waals surface area (Å²) >= 11 is 0. The minimum atomic E-state index is -0.103. The van der Waals surface area contributed by atoms with Gasteiger partial charge in [0.2, 0.25) is 0 Å². The van der Waals surface area contributed by atoms with E-state index in [1.807, 2.05) is 0 Å². The van der Waals surface area contributed by atoms with Crippen LogP contribution in [-0.2, 0) is 9.47 Å². The van der Waals surface area contributed by atoms with Crippen LogP contribution in [0.5, 0.6) is 0 Å². The van der Waals surface area contributed by atoms with Crippen LogP contribution in [-0.4, -0.2) is 38.0 Å². The monoisotopic (exact) mass is 243 g/mol. The van der Waals surface area contributed by atoms with Crippen molar-refractivity contribution in [3.63, 3.8) is 0 Å². The maximum absolute atomic E-state index is 5.69. The van der Waals surface area contributed by atoms with Crippen LogP contribution in [0.1, 0.15) is 52.9 Å². The minimum absolute atomic E-state index is 0.103. The quantitative estimate of drug-likeness (QED) is 0.711. The number of rotatable bonds is 8. The normalized spacial score (nSPS) is 22.9. The molecule has 2 unspecified atom stereocenters. The zero-order chi connectivity index (χ0) is 12.7. The van der Waals surface area contributed by atoms with E-state index in [4.69, 9.17) is 9.47 Å². The molecule has 17 heavy (non-hydrogen) atoms. The van der Waals surface area contributed by atoms with E-state index in [-0.39, 0.29) is 5.60 Å². The van der Waals surface area contributed by atoms with Gasteiger partial charge in [-0.05, 0) is 52.5 Å². The molecule has 0 aromatic rings. The summed E-state index contributed by atoms with van der Waals surface area (Å²) in [6.45, 7) is 8.53. The smallest absolute Gasteiger partial charge is 0.0775 e. The van der Waals surface area contributed by atoms with Crippen molar-refractivity contribution in [2.24, 2.45) is 0 Å². The summed E-state index contributed by atoms with van der Waals surface area (Å²) in [5.74, 6) is 0. The van der Waals surface area contributed by atoms with Gasteiger partial charge in [0.15, 0.2) is 0 Å². The molecule has 0 spiro atoms. The summed E-state index contributed by atoms with van der Waals surface area (Å²) in [7, 11) is 1.80. The van der Waals surface area contributed by atoms with Crippen molar-refractivity contribution < 1.29 is 9.47 Å². The molecule has 1 heterocycles. The summed E-state index contributed by atoms with van der Waals surface area (Å²) < 4.78 is 11.3. The van der Waals surface area contributed by atoms with Gasteiger partial charge in [0.25, 0.3) is 0 Å². The van der Waals surface area contributed by atoms with Crippen molar-refractivity contribution >= 4 is 0 Å². The number of hydrogen-bond acceptors (Lipinski definition) is 3. The fourth-order valence-corrected chi connectivity index (χ4v) is 2.38. The average Bonchev–Trinajstić information content (AvgIpc) is 2.82. The van der Waals surface area contributed by atoms with Crippen LogP contribution in [0.4, 0.5) is 0 Å². The Morgan fingerprint density at radius 2 is 2.24 bits per heavy atom. The molecule has 102 valence electrons. The third-order valence-electron chi connectivity index (χ3n) is 3.81. The van der Waals surface area contributed by atoms with E-state index in [0.29, 0.717) is 12.1 Å². The predicted octanol–water partition coefficient (Wildman–Crippen LogP) is 2.74.